The van der Waals surface area contributed by atoms with Gasteiger partial charge in [-0.1, -0.05) is 27.7 Å². The second-order valence-corrected chi connectivity index (χ2v) is 8.59. The van der Waals surface area contributed by atoms with E-state index in [0.29, 0.717) is 0 Å². The zero-order valence-electron chi connectivity index (χ0n) is 14.9. The van der Waals surface area contributed by atoms with Crippen molar-refractivity contribution >= 4 is 22.0 Å². The second kappa shape index (κ2) is 9.33. The number of carbonyl (C=O) groups is 2. The summed E-state index contributed by atoms with van der Waals surface area (Å²) >= 11 is 0. The van der Waals surface area contributed by atoms with Crippen molar-refractivity contribution in [3.8, 4) is 0 Å². The number of rotatable bonds is 11. The topological polar surface area (TPSA) is 130 Å². The van der Waals surface area contributed by atoms with Crippen molar-refractivity contribution in [2.45, 2.75) is 59.7 Å². The van der Waals surface area contributed by atoms with E-state index in [9.17, 15) is 23.1 Å². The van der Waals surface area contributed by atoms with Gasteiger partial charge in [-0.05, 0) is 18.8 Å². The Kier molecular flexibility index (Phi) is 8.87. The summed E-state index contributed by atoms with van der Waals surface area (Å²) in [6.07, 6.45) is -2.27. The number of aliphatic carboxylic acids is 1. The van der Waals surface area contributed by atoms with Crippen LogP contribution in [0.2, 0.25) is 0 Å². The van der Waals surface area contributed by atoms with Gasteiger partial charge in [0.15, 0.2) is 6.10 Å². The minimum absolute atomic E-state index is 0.0462. The van der Waals surface area contributed by atoms with E-state index in [-0.39, 0.29) is 37.0 Å². The zero-order chi connectivity index (χ0) is 19.1. The Balaban J connectivity index is 5.06. The molecule has 0 saturated carbocycles. The van der Waals surface area contributed by atoms with Gasteiger partial charge < -0.3 is 15.5 Å². The molecule has 0 aromatic carbocycles. The molecule has 1 amide bonds. The van der Waals surface area contributed by atoms with E-state index in [1.165, 1.54) is 20.8 Å². The van der Waals surface area contributed by atoms with Gasteiger partial charge in [-0.25, -0.2) is 4.79 Å². The Morgan fingerprint density at radius 1 is 1.25 bits per heavy atom. The predicted molar refractivity (Wildman–Crippen MR) is 88.8 cm³/mol. The lowest BCUT2D eigenvalue weighted by atomic mass is 9.77. The molecule has 1 unspecified atom stereocenters. The number of aliphatic hydroxyl groups is 1. The van der Waals surface area contributed by atoms with Crippen LogP contribution in [0.1, 0.15) is 47.5 Å². The molecule has 0 aliphatic rings. The average molecular weight is 367 g/mol. The number of carboxylic acids is 1. The first-order valence-electron chi connectivity index (χ1n) is 7.86. The molecular formula is C15H29NO7S. The van der Waals surface area contributed by atoms with Gasteiger partial charge in [-0.3, -0.25) is 8.98 Å². The van der Waals surface area contributed by atoms with E-state index in [0.717, 1.165) is 0 Å². The van der Waals surface area contributed by atoms with E-state index in [2.05, 4.69) is 5.32 Å². The number of carboxylic acid groups (broad SMARTS) is 1. The molecule has 0 heterocycles. The molecule has 24 heavy (non-hydrogen) atoms. The highest BCUT2D eigenvalue weighted by atomic mass is 32.2. The van der Waals surface area contributed by atoms with Crippen molar-refractivity contribution in [1.29, 1.82) is 0 Å². The summed E-state index contributed by atoms with van der Waals surface area (Å²) in [5.41, 5.74) is -1.29. The number of hydrogen-bond acceptors (Lipinski definition) is 6. The molecule has 0 bridgehead atoms. The fourth-order valence-electron chi connectivity index (χ4n) is 2.13. The third-order valence-electron chi connectivity index (χ3n) is 3.66. The van der Waals surface area contributed by atoms with Crippen molar-refractivity contribution in [3.05, 3.63) is 0 Å². The number of hydrogen-bond donors (Lipinski definition) is 3. The standard InChI is InChI=1S/C15H29NO7S/c1-10(2)9-12(15(4,5)13(18)14(19)20)23-24(21,22)8-6-7-16-11(3)17/h10,12-13,18H,6-9H2,1-5H3,(H,16,17)(H,19,20)/t12?,13-/m0/s1. The fourth-order valence-corrected chi connectivity index (χ4v) is 3.40. The van der Waals surface area contributed by atoms with Gasteiger partial charge in [-0.2, -0.15) is 8.42 Å². The normalized spacial score (nSPS) is 15.1. The number of aliphatic hydroxyl groups excluding tert-OH is 1. The largest absolute Gasteiger partial charge is 0.479 e. The van der Waals surface area contributed by atoms with Gasteiger partial charge in [0.1, 0.15) is 0 Å². The van der Waals surface area contributed by atoms with Crippen molar-refractivity contribution in [1.82, 2.24) is 5.32 Å². The number of carbonyl (C=O) groups excluding carboxylic acids is 1. The Hall–Kier alpha value is -1.19. The molecule has 3 N–H and O–H groups in total. The second-order valence-electron chi connectivity index (χ2n) is 6.87. The third kappa shape index (κ3) is 8.07. The summed E-state index contributed by atoms with van der Waals surface area (Å²) in [7, 11) is -3.92. The molecule has 0 rings (SSSR count). The van der Waals surface area contributed by atoms with Crippen LogP contribution in [-0.4, -0.2) is 55.0 Å². The summed E-state index contributed by atoms with van der Waals surface area (Å²) in [5.74, 6) is -1.94. The highest BCUT2D eigenvalue weighted by Gasteiger charge is 2.43. The Morgan fingerprint density at radius 2 is 1.79 bits per heavy atom. The van der Waals surface area contributed by atoms with Crippen LogP contribution in [-0.2, 0) is 23.9 Å². The Labute approximate surface area is 143 Å². The molecule has 0 aliphatic carbocycles. The molecule has 0 aromatic rings. The minimum Gasteiger partial charge on any atom is -0.479 e. The van der Waals surface area contributed by atoms with Gasteiger partial charge in [0.25, 0.3) is 10.1 Å². The van der Waals surface area contributed by atoms with Crippen molar-refractivity contribution in [2.75, 3.05) is 12.3 Å². The third-order valence-corrected chi connectivity index (χ3v) is 4.98. The number of amides is 1. The summed E-state index contributed by atoms with van der Waals surface area (Å²) in [5, 5.41) is 21.4. The van der Waals surface area contributed by atoms with Crippen LogP contribution in [0.3, 0.4) is 0 Å². The molecule has 0 spiro atoms. The molecule has 0 radical (unpaired) electrons. The first kappa shape index (κ1) is 22.8. The lowest BCUT2D eigenvalue weighted by molar-refractivity contribution is -0.158. The number of nitrogens with one attached hydrogen (secondary N) is 1. The van der Waals surface area contributed by atoms with E-state index < -0.39 is 33.7 Å². The van der Waals surface area contributed by atoms with Crippen LogP contribution < -0.4 is 5.32 Å². The average Bonchev–Trinajstić information content (AvgIpc) is 2.41. The van der Waals surface area contributed by atoms with Crippen LogP contribution in [0.15, 0.2) is 0 Å². The zero-order valence-corrected chi connectivity index (χ0v) is 15.7. The van der Waals surface area contributed by atoms with Crippen LogP contribution in [0, 0.1) is 11.3 Å². The van der Waals surface area contributed by atoms with E-state index in [4.69, 9.17) is 9.29 Å². The van der Waals surface area contributed by atoms with Gasteiger partial charge in [0.05, 0.1) is 11.9 Å². The Bertz CT molecular complexity index is 528. The van der Waals surface area contributed by atoms with Crippen molar-refractivity contribution in [2.24, 2.45) is 11.3 Å². The van der Waals surface area contributed by atoms with Crippen LogP contribution in [0.4, 0.5) is 0 Å². The van der Waals surface area contributed by atoms with Crippen LogP contribution in [0.5, 0.6) is 0 Å². The highest BCUT2D eigenvalue weighted by molar-refractivity contribution is 7.86. The van der Waals surface area contributed by atoms with Crippen LogP contribution in [0.25, 0.3) is 0 Å². The maximum atomic E-state index is 12.1. The molecule has 9 heteroatoms. The Morgan fingerprint density at radius 3 is 2.21 bits per heavy atom. The molecular weight excluding hydrogens is 338 g/mol. The van der Waals surface area contributed by atoms with Gasteiger partial charge in [0, 0.05) is 18.9 Å². The molecule has 0 saturated heterocycles. The lowest BCUT2D eigenvalue weighted by Crippen LogP contribution is -2.47. The van der Waals surface area contributed by atoms with E-state index in [1.54, 1.807) is 0 Å². The molecule has 8 nitrogen and oxygen atoms in total. The van der Waals surface area contributed by atoms with Crippen molar-refractivity contribution in [3.63, 3.8) is 0 Å². The molecule has 0 aliphatic heterocycles. The SMILES string of the molecule is CC(=O)NCCCS(=O)(=O)OC(CC(C)C)C(C)(C)[C@@H](O)C(=O)O. The predicted octanol–water partition coefficient (Wildman–Crippen LogP) is 0.745. The van der Waals surface area contributed by atoms with E-state index in [1.807, 2.05) is 13.8 Å². The molecule has 142 valence electrons. The molecule has 2 atom stereocenters. The first-order valence-corrected chi connectivity index (χ1v) is 9.43. The van der Waals surface area contributed by atoms with Gasteiger partial charge in [-0.15, -0.1) is 0 Å². The summed E-state index contributed by atoms with van der Waals surface area (Å²) in [6, 6.07) is 0. The fraction of sp³-hybridized carbons (Fsp3) is 0.867. The summed E-state index contributed by atoms with van der Waals surface area (Å²) in [4.78, 5) is 21.8. The summed E-state index contributed by atoms with van der Waals surface area (Å²) in [6.45, 7) is 8.16. The molecule has 0 aromatic heterocycles. The highest BCUT2D eigenvalue weighted by Crippen LogP contribution is 2.33. The molecule has 0 fully saturated rings. The maximum absolute atomic E-state index is 12.1. The summed E-state index contributed by atoms with van der Waals surface area (Å²) < 4.78 is 29.5. The van der Waals surface area contributed by atoms with Crippen LogP contribution >= 0.6 is 0 Å². The lowest BCUT2D eigenvalue weighted by Gasteiger charge is -2.36. The quantitative estimate of drug-likeness (QED) is 0.363. The monoisotopic (exact) mass is 367 g/mol. The van der Waals surface area contributed by atoms with Gasteiger partial charge >= 0.3 is 5.97 Å². The minimum atomic E-state index is -3.92. The van der Waals surface area contributed by atoms with Gasteiger partial charge in [0.2, 0.25) is 5.91 Å². The first-order chi connectivity index (χ1) is 10.8. The van der Waals surface area contributed by atoms with E-state index >= 15 is 0 Å². The van der Waals surface area contributed by atoms with Crippen molar-refractivity contribution < 1.29 is 32.4 Å². The smallest absolute Gasteiger partial charge is 0.333 e. The maximum Gasteiger partial charge on any atom is 0.333 e.